The van der Waals surface area contributed by atoms with Crippen LogP contribution >= 0.6 is 23.2 Å². The normalized spacial score (nSPS) is 11.5. The van der Waals surface area contributed by atoms with Crippen molar-refractivity contribution in [1.29, 1.82) is 0 Å². The zero-order valence-corrected chi connectivity index (χ0v) is 13.5. The smallest absolute Gasteiger partial charge is 0.0452 e. The first-order chi connectivity index (χ1) is 9.00. The molecule has 2 heteroatoms. The minimum Gasteiger partial charge on any atom is -0.0856 e. The van der Waals surface area contributed by atoms with E-state index in [1.165, 1.54) is 11.1 Å². The average Bonchev–Trinajstić information content (AvgIpc) is 2.32. The summed E-state index contributed by atoms with van der Waals surface area (Å²) in [6.07, 6.45) is 8.71. The Hall–Kier alpha value is -0.720. The van der Waals surface area contributed by atoms with Gasteiger partial charge in [0.25, 0.3) is 0 Å². The number of allylic oxidation sites excluding steroid dienone is 4. The molecule has 0 fully saturated rings. The first-order valence-corrected chi connectivity index (χ1v) is 7.48. The minimum atomic E-state index is 0.767. The van der Waals surface area contributed by atoms with Crippen LogP contribution < -0.4 is 0 Å². The fraction of sp³-hybridized carbons (Fsp3) is 0.412. The van der Waals surface area contributed by atoms with Gasteiger partial charge in [-0.15, -0.1) is 0 Å². The van der Waals surface area contributed by atoms with Crippen molar-refractivity contribution >= 4 is 23.2 Å². The van der Waals surface area contributed by atoms with Crippen molar-refractivity contribution in [2.75, 3.05) is 0 Å². The number of rotatable bonds is 6. The lowest BCUT2D eigenvalue weighted by Crippen LogP contribution is -1.88. The molecule has 0 saturated heterocycles. The summed E-state index contributed by atoms with van der Waals surface area (Å²) in [7, 11) is 0. The molecular weight excluding hydrogens is 275 g/mol. The molecule has 1 aromatic rings. The molecule has 104 valence electrons. The van der Waals surface area contributed by atoms with Crippen molar-refractivity contribution in [2.45, 2.75) is 46.5 Å². The molecule has 19 heavy (non-hydrogen) atoms. The highest BCUT2D eigenvalue weighted by Gasteiger charge is 2.03. The van der Waals surface area contributed by atoms with Crippen LogP contribution in [0.5, 0.6) is 0 Å². The van der Waals surface area contributed by atoms with Crippen LogP contribution in [0.4, 0.5) is 0 Å². The first kappa shape index (κ1) is 16.3. The van der Waals surface area contributed by atoms with Gasteiger partial charge < -0.3 is 0 Å². The first-order valence-electron chi connectivity index (χ1n) is 6.72. The number of halogens is 2. The van der Waals surface area contributed by atoms with E-state index in [0.717, 1.165) is 41.3 Å². The third-order valence-electron chi connectivity index (χ3n) is 3.04. The van der Waals surface area contributed by atoms with Gasteiger partial charge in [-0.1, -0.05) is 52.6 Å². The van der Waals surface area contributed by atoms with Gasteiger partial charge in [0.2, 0.25) is 0 Å². The van der Waals surface area contributed by atoms with E-state index in [2.05, 4.69) is 32.9 Å². The van der Waals surface area contributed by atoms with Gasteiger partial charge in [0.05, 0.1) is 0 Å². The molecule has 0 amide bonds. The van der Waals surface area contributed by atoms with E-state index >= 15 is 0 Å². The van der Waals surface area contributed by atoms with Crippen molar-refractivity contribution in [3.05, 3.63) is 57.1 Å². The highest BCUT2D eigenvalue weighted by molar-refractivity contribution is 6.35. The summed E-state index contributed by atoms with van der Waals surface area (Å²) in [5.41, 5.74) is 3.87. The summed E-state index contributed by atoms with van der Waals surface area (Å²) in [6.45, 7) is 6.46. The molecule has 0 spiro atoms. The summed E-state index contributed by atoms with van der Waals surface area (Å²) in [6, 6.07) is 5.68. The van der Waals surface area contributed by atoms with Gasteiger partial charge in [0.15, 0.2) is 0 Å². The van der Waals surface area contributed by atoms with E-state index in [1.807, 2.05) is 18.2 Å². The zero-order chi connectivity index (χ0) is 14.3. The van der Waals surface area contributed by atoms with Crippen molar-refractivity contribution in [2.24, 2.45) is 0 Å². The average molecular weight is 297 g/mol. The molecule has 0 atom stereocenters. The lowest BCUT2D eigenvalue weighted by molar-refractivity contribution is 0.926. The molecule has 0 nitrogen and oxygen atoms in total. The maximum Gasteiger partial charge on any atom is 0.0452 e. The van der Waals surface area contributed by atoms with E-state index < -0.39 is 0 Å². The molecule has 0 radical (unpaired) electrons. The van der Waals surface area contributed by atoms with Crippen LogP contribution in [0.3, 0.4) is 0 Å². The molecule has 0 unspecified atom stereocenters. The van der Waals surface area contributed by atoms with Gasteiger partial charge in [-0.2, -0.15) is 0 Å². The van der Waals surface area contributed by atoms with Crippen LogP contribution in [0.25, 0.3) is 0 Å². The Morgan fingerprint density at radius 3 is 2.21 bits per heavy atom. The molecule has 0 aromatic heterocycles. The summed E-state index contributed by atoms with van der Waals surface area (Å²) in [4.78, 5) is 0. The van der Waals surface area contributed by atoms with E-state index in [-0.39, 0.29) is 0 Å². The fourth-order valence-corrected chi connectivity index (χ4v) is 2.51. The molecule has 0 bridgehead atoms. The van der Waals surface area contributed by atoms with Gasteiger partial charge in [-0.05, 0) is 64.2 Å². The second-order valence-electron chi connectivity index (χ2n) is 5.11. The Kier molecular flexibility index (Phi) is 7.27. The fourth-order valence-electron chi connectivity index (χ4n) is 1.92. The van der Waals surface area contributed by atoms with Crippen molar-refractivity contribution in [3.8, 4) is 0 Å². The van der Waals surface area contributed by atoms with Crippen molar-refractivity contribution < 1.29 is 0 Å². The van der Waals surface area contributed by atoms with E-state index in [4.69, 9.17) is 23.2 Å². The third-order valence-corrected chi connectivity index (χ3v) is 3.75. The number of hydrogen-bond donors (Lipinski definition) is 0. The van der Waals surface area contributed by atoms with Crippen LogP contribution in [-0.4, -0.2) is 0 Å². The van der Waals surface area contributed by atoms with Crippen molar-refractivity contribution in [3.63, 3.8) is 0 Å². The van der Waals surface area contributed by atoms with Crippen LogP contribution in [0.2, 0.25) is 10.0 Å². The Bertz CT molecular complexity index is 446. The molecule has 0 aliphatic carbocycles. The van der Waals surface area contributed by atoms with Gasteiger partial charge in [0.1, 0.15) is 0 Å². The topological polar surface area (TPSA) is 0 Å². The summed E-state index contributed by atoms with van der Waals surface area (Å²) >= 11 is 12.3. The van der Waals surface area contributed by atoms with Gasteiger partial charge in [0, 0.05) is 10.0 Å². The number of hydrogen-bond acceptors (Lipinski definition) is 0. The third kappa shape index (κ3) is 6.31. The summed E-state index contributed by atoms with van der Waals surface area (Å²) in [5, 5.41) is 1.53. The predicted molar refractivity (Wildman–Crippen MR) is 87.2 cm³/mol. The molecule has 0 aliphatic heterocycles. The lowest BCUT2D eigenvalue weighted by Gasteiger charge is -2.05. The van der Waals surface area contributed by atoms with Crippen LogP contribution in [0.15, 0.2) is 41.5 Å². The molecule has 0 heterocycles. The Labute approximate surface area is 127 Å². The van der Waals surface area contributed by atoms with Gasteiger partial charge in [-0.3, -0.25) is 0 Å². The monoisotopic (exact) mass is 296 g/mol. The quantitative estimate of drug-likeness (QED) is 0.518. The highest BCUT2D eigenvalue weighted by atomic mass is 35.5. The second kappa shape index (κ2) is 8.45. The Morgan fingerprint density at radius 1 is 1.00 bits per heavy atom. The van der Waals surface area contributed by atoms with Crippen molar-refractivity contribution in [1.82, 2.24) is 0 Å². The zero-order valence-electron chi connectivity index (χ0n) is 12.0. The minimum absolute atomic E-state index is 0.767. The SMILES string of the molecule is CC(C)=CCC/C(C)=C/CCc1c(Cl)cccc1Cl. The predicted octanol–water partition coefficient (Wildman–Crippen LogP) is 6.62. The molecular formula is C17H22Cl2. The summed E-state index contributed by atoms with van der Waals surface area (Å²) in [5.74, 6) is 0. The van der Waals surface area contributed by atoms with Crippen LogP contribution in [0, 0.1) is 0 Å². The van der Waals surface area contributed by atoms with Crippen LogP contribution in [-0.2, 0) is 6.42 Å². The number of benzene rings is 1. The molecule has 0 saturated carbocycles. The summed E-state index contributed by atoms with van der Waals surface area (Å²) < 4.78 is 0. The maximum absolute atomic E-state index is 6.15. The van der Waals surface area contributed by atoms with Crippen LogP contribution in [0.1, 0.15) is 45.6 Å². The van der Waals surface area contributed by atoms with Gasteiger partial charge >= 0.3 is 0 Å². The Balaban J connectivity index is 2.46. The molecule has 1 rings (SSSR count). The van der Waals surface area contributed by atoms with E-state index in [9.17, 15) is 0 Å². The molecule has 0 N–H and O–H groups in total. The molecule has 1 aromatic carbocycles. The largest absolute Gasteiger partial charge is 0.0856 e. The maximum atomic E-state index is 6.15. The molecule has 0 aliphatic rings. The van der Waals surface area contributed by atoms with Gasteiger partial charge in [-0.25, -0.2) is 0 Å². The Morgan fingerprint density at radius 2 is 1.63 bits per heavy atom. The highest BCUT2D eigenvalue weighted by Crippen LogP contribution is 2.25. The van der Waals surface area contributed by atoms with E-state index in [1.54, 1.807) is 0 Å². The van der Waals surface area contributed by atoms with E-state index in [0.29, 0.717) is 0 Å². The second-order valence-corrected chi connectivity index (χ2v) is 5.92. The standard InChI is InChI=1S/C17H22Cl2/c1-13(2)7-4-8-14(3)9-5-10-15-16(18)11-6-12-17(15)19/h6-7,9,11-12H,4-5,8,10H2,1-3H3/b14-9+. The lowest BCUT2D eigenvalue weighted by atomic mass is 10.1.